The van der Waals surface area contributed by atoms with Gasteiger partial charge in [0.2, 0.25) is 0 Å². The van der Waals surface area contributed by atoms with Crippen LogP contribution in [0.15, 0.2) is 166 Å². The molecule has 0 saturated carbocycles. The molecule has 1 aliphatic carbocycles. The minimum absolute atomic E-state index is 0.0488. The van der Waals surface area contributed by atoms with Gasteiger partial charge in [-0.1, -0.05) is 115 Å². The highest BCUT2D eigenvalue weighted by atomic mass is 16.5. The molecule has 2 aliphatic rings. The molecule has 0 fully saturated rings. The maximum Gasteiger partial charge on any atom is 0.141 e. The lowest BCUT2D eigenvalue weighted by atomic mass is 9.85. The van der Waals surface area contributed by atoms with Gasteiger partial charge in [0.15, 0.2) is 0 Å². The van der Waals surface area contributed by atoms with Crippen LogP contribution in [0.3, 0.4) is 0 Å². The zero-order valence-electron chi connectivity index (χ0n) is 27.8. The van der Waals surface area contributed by atoms with Gasteiger partial charge < -0.3 is 19.3 Å². The average molecular weight is 666 g/mol. The molecule has 6 heteroatoms. The predicted octanol–water partition coefficient (Wildman–Crippen LogP) is 9.86. The minimum atomic E-state index is -0.517. The van der Waals surface area contributed by atoms with Gasteiger partial charge in [-0.3, -0.25) is 10.6 Å². The molecule has 0 radical (unpaired) electrons. The first-order chi connectivity index (χ1) is 25.2. The van der Waals surface area contributed by atoms with Crippen molar-refractivity contribution < 1.29 is 13.6 Å². The third kappa shape index (κ3) is 5.15. The smallest absolute Gasteiger partial charge is 0.141 e. The molecule has 0 bridgehead atoms. The Morgan fingerprint density at radius 2 is 1.35 bits per heavy atom. The number of hydrogen-bond acceptors (Lipinski definition) is 6. The maximum atomic E-state index is 7.02. The molecule has 248 valence electrons. The fraction of sp³-hybridized carbons (Fsp3) is 0.111. The zero-order valence-corrected chi connectivity index (χ0v) is 27.8. The van der Waals surface area contributed by atoms with Crippen LogP contribution in [0.25, 0.3) is 55.0 Å². The summed E-state index contributed by atoms with van der Waals surface area (Å²) in [6.07, 6.45) is 5.54. The van der Waals surface area contributed by atoms with Gasteiger partial charge in [0.25, 0.3) is 0 Å². The van der Waals surface area contributed by atoms with Crippen LogP contribution in [-0.4, -0.2) is 12.3 Å². The van der Waals surface area contributed by atoms with Crippen molar-refractivity contribution in [2.75, 3.05) is 0 Å². The molecule has 1 aliphatic heterocycles. The number of furan rings is 2. The van der Waals surface area contributed by atoms with Crippen LogP contribution in [0.1, 0.15) is 28.8 Å². The number of benzene rings is 6. The number of rotatable bonds is 8. The normalized spacial score (nSPS) is 17.8. The largest absolute Gasteiger partial charge is 0.485 e. The monoisotopic (exact) mass is 665 g/mol. The van der Waals surface area contributed by atoms with Gasteiger partial charge in [0.05, 0.1) is 12.3 Å². The first-order valence-corrected chi connectivity index (χ1v) is 17.5. The highest BCUT2D eigenvalue weighted by molar-refractivity contribution is 6.06. The van der Waals surface area contributed by atoms with Gasteiger partial charge in [-0.15, -0.1) is 0 Å². The van der Waals surface area contributed by atoms with E-state index < -0.39 is 6.17 Å². The Bertz CT molecular complexity index is 2650. The molecule has 4 unspecified atom stereocenters. The third-order valence-electron chi connectivity index (χ3n) is 10.4. The van der Waals surface area contributed by atoms with Crippen molar-refractivity contribution in [2.24, 2.45) is 5.73 Å². The van der Waals surface area contributed by atoms with Crippen molar-refractivity contribution in [3.63, 3.8) is 0 Å². The lowest BCUT2D eigenvalue weighted by Crippen LogP contribution is -2.50. The minimum Gasteiger partial charge on any atom is -0.485 e. The molecule has 8 aromatic rings. The van der Waals surface area contributed by atoms with Crippen LogP contribution >= 0.6 is 0 Å². The summed E-state index contributed by atoms with van der Waals surface area (Å²) in [6, 6.07) is 45.9. The second-order valence-corrected chi connectivity index (χ2v) is 13.4. The van der Waals surface area contributed by atoms with E-state index in [4.69, 9.17) is 19.3 Å². The molecule has 6 aromatic carbocycles. The predicted molar refractivity (Wildman–Crippen MR) is 204 cm³/mol. The van der Waals surface area contributed by atoms with Gasteiger partial charge in [0.1, 0.15) is 34.2 Å². The van der Waals surface area contributed by atoms with E-state index in [2.05, 4.69) is 114 Å². The van der Waals surface area contributed by atoms with E-state index >= 15 is 0 Å². The second-order valence-electron chi connectivity index (χ2n) is 13.4. The Morgan fingerprint density at radius 3 is 2.22 bits per heavy atom. The summed E-state index contributed by atoms with van der Waals surface area (Å²) < 4.78 is 19.4. The standard InChI is InChI=1S/C45H35N3O3/c46-44(35-16-8-14-33-31-13-5-7-19-39(31)50-42(33)35)48-45(47-26-27-10-2-1-3-11-27)36-17-9-15-34-37-24-28(21-23-40(37)51-43(34)36)29-20-22-32-30-12-4-6-18-38(30)49-41(32)25-29/h1-25,34,43-45,47-48H,26,46H2. The molecule has 0 saturated heterocycles. The van der Waals surface area contributed by atoms with E-state index in [0.717, 1.165) is 71.9 Å². The van der Waals surface area contributed by atoms with E-state index in [0.29, 0.717) is 6.54 Å². The Hall–Kier alpha value is -5.92. The summed E-state index contributed by atoms with van der Waals surface area (Å²) in [5.74, 6) is 0.946. The fourth-order valence-corrected chi connectivity index (χ4v) is 7.87. The van der Waals surface area contributed by atoms with Gasteiger partial charge in [-0.05, 0) is 53.1 Å². The molecular weight excluding hydrogens is 631 g/mol. The summed E-state index contributed by atoms with van der Waals surface area (Å²) >= 11 is 0. The van der Waals surface area contributed by atoms with Crippen molar-refractivity contribution in [3.8, 4) is 16.9 Å². The molecule has 4 atom stereocenters. The van der Waals surface area contributed by atoms with Gasteiger partial charge in [-0.2, -0.15) is 0 Å². The number of hydrogen-bond donors (Lipinski definition) is 3. The molecule has 2 aromatic heterocycles. The zero-order chi connectivity index (χ0) is 33.9. The number of nitrogens with two attached hydrogens (primary N) is 1. The number of para-hydroxylation sites is 3. The quantitative estimate of drug-likeness (QED) is 0.140. The number of allylic oxidation sites excluding steroid dienone is 2. The molecular formula is C45H35N3O3. The van der Waals surface area contributed by atoms with Crippen molar-refractivity contribution >= 4 is 43.9 Å². The summed E-state index contributed by atoms with van der Waals surface area (Å²) in [7, 11) is 0. The number of ether oxygens (including phenoxy) is 1. The lowest BCUT2D eigenvalue weighted by Gasteiger charge is -2.32. The Balaban J connectivity index is 0.970. The summed E-state index contributed by atoms with van der Waals surface area (Å²) in [6.45, 7) is 0.653. The van der Waals surface area contributed by atoms with Gasteiger partial charge >= 0.3 is 0 Å². The van der Waals surface area contributed by atoms with Crippen LogP contribution in [0.4, 0.5) is 0 Å². The van der Waals surface area contributed by atoms with Crippen LogP contribution in [0, 0.1) is 0 Å². The van der Waals surface area contributed by atoms with Crippen LogP contribution in [-0.2, 0) is 6.54 Å². The molecule has 3 heterocycles. The molecule has 0 spiro atoms. The van der Waals surface area contributed by atoms with Crippen molar-refractivity contribution in [1.82, 2.24) is 10.6 Å². The van der Waals surface area contributed by atoms with Crippen molar-refractivity contribution in [1.29, 1.82) is 0 Å². The first kappa shape index (κ1) is 29.9. The highest BCUT2D eigenvalue weighted by Gasteiger charge is 2.40. The van der Waals surface area contributed by atoms with E-state index in [1.54, 1.807) is 0 Å². The van der Waals surface area contributed by atoms with Crippen LogP contribution < -0.4 is 21.1 Å². The molecule has 6 nitrogen and oxygen atoms in total. The summed E-state index contributed by atoms with van der Waals surface area (Å²) in [5.41, 5.74) is 17.0. The van der Waals surface area contributed by atoms with Gasteiger partial charge in [-0.25, -0.2) is 0 Å². The van der Waals surface area contributed by atoms with E-state index in [9.17, 15) is 0 Å². The molecule has 51 heavy (non-hydrogen) atoms. The van der Waals surface area contributed by atoms with Crippen LogP contribution in [0.2, 0.25) is 0 Å². The summed E-state index contributed by atoms with van der Waals surface area (Å²) in [4.78, 5) is 0. The summed E-state index contributed by atoms with van der Waals surface area (Å²) in [5, 5.41) is 11.9. The van der Waals surface area contributed by atoms with E-state index in [1.807, 2.05) is 48.5 Å². The lowest BCUT2D eigenvalue weighted by molar-refractivity contribution is 0.231. The third-order valence-corrected chi connectivity index (χ3v) is 10.4. The Kier molecular flexibility index (Phi) is 7.13. The fourth-order valence-electron chi connectivity index (χ4n) is 7.87. The van der Waals surface area contributed by atoms with Crippen molar-refractivity contribution in [3.05, 3.63) is 174 Å². The van der Waals surface area contributed by atoms with E-state index in [1.165, 1.54) is 11.1 Å². The van der Waals surface area contributed by atoms with E-state index in [-0.39, 0.29) is 18.2 Å². The SMILES string of the molecule is NC(NC(NCc1ccccc1)C1=CC=CC2c3cc(-c4ccc5c(c4)oc4ccccc45)ccc3OC12)c1cccc2c1oc1ccccc12. The Morgan fingerprint density at radius 1 is 0.647 bits per heavy atom. The Labute approximate surface area is 294 Å². The number of fused-ring (bicyclic) bond motifs is 9. The second kappa shape index (κ2) is 12.1. The number of nitrogens with one attached hydrogen (secondary N) is 2. The van der Waals surface area contributed by atoms with Gasteiger partial charge in [0, 0.05) is 50.7 Å². The average Bonchev–Trinajstić information content (AvgIpc) is 3.87. The van der Waals surface area contributed by atoms with Crippen LogP contribution in [0.5, 0.6) is 5.75 Å². The maximum absolute atomic E-state index is 7.02. The first-order valence-electron chi connectivity index (χ1n) is 17.5. The molecule has 10 rings (SSSR count). The highest BCUT2D eigenvalue weighted by Crippen LogP contribution is 2.46. The topological polar surface area (TPSA) is 85.6 Å². The molecule has 0 amide bonds. The van der Waals surface area contributed by atoms with Crippen molar-refractivity contribution in [2.45, 2.75) is 30.9 Å². The molecule has 4 N–H and O–H groups in total.